The van der Waals surface area contributed by atoms with E-state index in [4.69, 9.17) is 4.74 Å². The summed E-state index contributed by atoms with van der Waals surface area (Å²) in [6.07, 6.45) is 1.91. The van der Waals surface area contributed by atoms with Crippen LogP contribution in [0.5, 0.6) is 0 Å². The molecule has 0 spiro atoms. The minimum Gasteiger partial charge on any atom is -0.393 e. The van der Waals surface area contributed by atoms with Crippen LogP contribution in [0.4, 0.5) is 5.69 Å². The van der Waals surface area contributed by atoms with Gasteiger partial charge in [-0.05, 0) is 31.9 Å². The van der Waals surface area contributed by atoms with Gasteiger partial charge in [0.15, 0.2) is 0 Å². The molecule has 3 rings (SSSR count). The highest BCUT2D eigenvalue weighted by Gasteiger charge is 2.29. The van der Waals surface area contributed by atoms with Crippen LogP contribution in [0.25, 0.3) is 0 Å². The van der Waals surface area contributed by atoms with E-state index in [1.807, 2.05) is 65.6 Å². The molecule has 2 aromatic rings. The van der Waals surface area contributed by atoms with Crippen LogP contribution in [0.1, 0.15) is 32.3 Å². The average Bonchev–Trinajstić information content (AvgIpc) is 2.68. The van der Waals surface area contributed by atoms with Gasteiger partial charge in [-0.15, -0.1) is 0 Å². The van der Waals surface area contributed by atoms with Crippen molar-refractivity contribution in [3.05, 3.63) is 66.2 Å². The second-order valence-electron chi connectivity index (χ2n) is 6.37. The van der Waals surface area contributed by atoms with Crippen LogP contribution in [-0.4, -0.2) is 35.8 Å². The summed E-state index contributed by atoms with van der Waals surface area (Å²) < 4.78 is 6.26. The molecule has 0 amide bonds. The van der Waals surface area contributed by atoms with Crippen molar-refractivity contribution in [2.24, 2.45) is 9.98 Å². The van der Waals surface area contributed by atoms with Gasteiger partial charge in [0.25, 0.3) is 0 Å². The molecule has 0 fully saturated rings. The van der Waals surface area contributed by atoms with Gasteiger partial charge in [-0.1, -0.05) is 55.5 Å². The van der Waals surface area contributed by atoms with Crippen molar-refractivity contribution in [2.75, 3.05) is 4.90 Å². The fraction of sp³-hybridized carbons (Fsp3) is 0.333. The summed E-state index contributed by atoms with van der Waals surface area (Å²) in [5.74, 6) is 0.795. The maximum absolute atomic E-state index is 9.74. The molecule has 0 aliphatic carbocycles. The van der Waals surface area contributed by atoms with Crippen LogP contribution < -0.4 is 4.90 Å². The number of para-hydroxylation sites is 1. The normalized spacial score (nSPS) is 19.1. The summed E-state index contributed by atoms with van der Waals surface area (Å²) in [4.78, 5) is 11.0. The molecular weight excluding hydrogens is 326 g/mol. The molecule has 5 heteroatoms. The third-order valence-electron chi connectivity index (χ3n) is 4.26. The molecule has 26 heavy (non-hydrogen) atoms. The first kappa shape index (κ1) is 18.3. The van der Waals surface area contributed by atoms with E-state index in [2.05, 4.69) is 16.9 Å². The first-order chi connectivity index (χ1) is 12.7. The van der Waals surface area contributed by atoms with E-state index < -0.39 is 12.5 Å². The number of hydrogen-bond donors (Lipinski definition) is 1. The lowest BCUT2D eigenvalue weighted by atomic mass is 10.1. The van der Waals surface area contributed by atoms with Crippen LogP contribution in [-0.2, 0) is 4.74 Å². The van der Waals surface area contributed by atoms with Gasteiger partial charge >= 0.3 is 0 Å². The minimum atomic E-state index is -0.520. The van der Waals surface area contributed by atoms with Crippen molar-refractivity contribution >= 4 is 17.9 Å². The Kier molecular flexibility index (Phi) is 6.15. The highest BCUT2D eigenvalue weighted by Crippen LogP contribution is 2.25. The van der Waals surface area contributed by atoms with E-state index in [-0.39, 0.29) is 6.10 Å². The van der Waals surface area contributed by atoms with E-state index in [0.717, 1.165) is 23.5 Å². The molecule has 2 aromatic carbocycles. The number of aliphatic hydroxyl groups excluding tert-OH is 1. The van der Waals surface area contributed by atoms with Gasteiger partial charge in [0, 0.05) is 11.3 Å². The number of ether oxygens (including phenoxy) is 1. The third-order valence-corrected chi connectivity index (χ3v) is 4.26. The van der Waals surface area contributed by atoms with E-state index in [1.165, 1.54) is 0 Å². The lowest BCUT2D eigenvalue weighted by Crippen LogP contribution is -2.45. The van der Waals surface area contributed by atoms with E-state index in [9.17, 15) is 5.11 Å². The maximum atomic E-state index is 9.74. The molecule has 3 atom stereocenters. The molecule has 0 saturated heterocycles. The van der Waals surface area contributed by atoms with Crippen molar-refractivity contribution < 1.29 is 9.84 Å². The number of benzene rings is 2. The minimum absolute atomic E-state index is 0.0847. The Bertz CT molecular complexity index is 744. The molecule has 3 unspecified atom stereocenters. The van der Waals surface area contributed by atoms with Crippen molar-refractivity contribution in [1.29, 1.82) is 0 Å². The number of anilines is 1. The quantitative estimate of drug-likeness (QED) is 0.825. The van der Waals surface area contributed by atoms with Crippen molar-refractivity contribution in [2.45, 2.75) is 45.2 Å². The lowest BCUT2D eigenvalue weighted by molar-refractivity contribution is -0.0270. The molecule has 0 saturated carbocycles. The number of amidine groups is 1. The van der Waals surface area contributed by atoms with Crippen molar-refractivity contribution in [1.82, 2.24) is 0 Å². The van der Waals surface area contributed by atoms with Gasteiger partial charge < -0.3 is 9.84 Å². The Hall–Kier alpha value is -2.50. The summed E-state index contributed by atoms with van der Waals surface area (Å²) in [6, 6.07) is 20.0. The van der Waals surface area contributed by atoms with Crippen LogP contribution in [0.2, 0.25) is 0 Å². The van der Waals surface area contributed by atoms with E-state index in [0.29, 0.717) is 6.42 Å². The molecule has 136 valence electrons. The molecular formula is C21H25N3O2. The van der Waals surface area contributed by atoms with Crippen molar-refractivity contribution in [3.63, 3.8) is 0 Å². The zero-order chi connectivity index (χ0) is 18.4. The number of aliphatic imine (C=N–C) groups is 2. The third kappa shape index (κ3) is 4.36. The molecule has 1 aliphatic rings. The van der Waals surface area contributed by atoms with Crippen molar-refractivity contribution in [3.8, 4) is 0 Å². The fourth-order valence-electron chi connectivity index (χ4n) is 2.98. The molecule has 0 bridgehead atoms. The predicted molar refractivity (Wildman–Crippen MR) is 106 cm³/mol. The summed E-state index contributed by atoms with van der Waals surface area (Å²) in [5.41, 5.74) is 1.96. The highest BCUT2D eigenvalue weighted by molar-refractivity contribution is 6.13. The van der Waals surface area contributed by atoms with Crippen LogP contribution in [0.15, 0.2) is 70.6 Å². The first-order valence-corrected chi connectivity index (χ1v) is 9.01. The number of nitrogens with zero attached hydrogens (tertiary/aromatic N) is 3. The monoisotopic (exact) mass is 351 g/mol. The molecule has 1 heterocycles. The molecule has 1 N–H and O–H groups in total. The molecule has 1 aliphatic heterocycles. The number of hydrogen-bond acceptors (Lipinski definition) is 5. The Morgan fingerprint density at radius 3 is 2.35 bits per heavy atom. The highest BCUT2D eigenvalue weighted by atomic mass is 16.5. The number of rotatable bonds is 7. The zero-order valence-corrected chi connectivity index (χ0v) is 15.2. The maximum Gasteiger partial charge on any atom is 0.235 e. The molecule has 0 aromatic heterocycles. The first-order valence-electron chi connectivity index (χ1n) is 9.01. The topological polar surface area (TPSA) is 57.4 Å². The Balaban J connectivity index is 1.93. The van der Waals surface area contributed by atoms with Gasteiger partial charge in [0.2, 0.25) is 6.35 Å². The van der Waals surface area contributed by atoms with E-state index in [1.54, 1.807) is 13.3 Å². The summed E-state index contributed by atoms with van der Waals surface area (Å²) in [5, 5.41) is 9.74. The van der Waals surface area contributed by atoms with Crippen LogP contribution in [0.3, 0.4) is 0 Å². The predicted octanol–water partition coefficient (Wildman–Crippen LogP) is 3.83. The Labute approximate surface area is 154 Å². The van der Waals surface area contributed by atoms with Gasteiger partial charge in [0.05, 0.1) is 12.2 Å². The number of aliphatic hydroxyl groups is 1. The zero-order valence-electron chi connectivity index (χ0n) is 15.2. The summed E-state index contributed by atoms with van der Waals surface area (Å²) in [6.45, 7) is 3.83. The standard InChI is InChI=1S/C21H25N3O2/c1-3-19(14-16(2)25)26-21-23-15-22-20(17-10-6-4-7-11-17)24(21)18-12-8-5-9-13-18/h4-13,15-16,19,21,25H,3,14H2,1-2H3. The largest absolute Gasteiger partial charge is 0.393 e. The SMILES string of the molecule is CCC(CC(C)O)OC1N=CN=C(c2ccccc2)N1c1ccccc1. The van der Waals surface area contributed by atoms with Gasteiger partial charge in [0.1, 0.15) is 12.2 Å². The second kappa shape index (κ2) is 8.74. The summed E-state index contributed by atoms with van der Waals surface area (Å²) in [7, 11) is 0. The second-order valence-corrected chi connectivity index (χ2v) is 6.37. The lowest BCUT2D eigenvalue weighted by Gasteiger charge is -2.35. The van der Waals surface area contributed by atoms with Crippen LogP contribution in [0, 0.1) is 0 Å². The fourth-order valence-corrected chi connectivity index (χ4v) is 2.98. The average molecular weight is 351 g/mol. The van der Waals surface area contributed by atoms with Gasteiger partial charge in [-0.3, -0.25) is 4.90 Å². The van der Waals surface area contributed by atoms with Gasteiger partial charge in [-0.2, -0.15) is 0 Å². The van der Waals surface area contributed by atoms with Crippen LogP contribution >= 0.6 is 0 Å². The molecule has 5 nitrogen and oxygen atoms in total. The van der Waals surface area contributed by atoms with Gasteiger partial charge in [-0.25, -0.2) is 9.98 Å². The molecule has 0 radical (unpaired) electrons. The Morgan fingerprint density at radius 2 is 1.73 bits per heavy atom. The van der Waals surface area contributed by atoms with E-state index >= 15 is 0 Å². The smallest absolute Gasteiger partial charge is 0.235 e. The summed E-state index contributed by atoms with van der Waals surface area (Å²) >= 11 is 0. The Morgan fingerprint density at radius 1 is 1.08 bits per heavy atom.